The number of hydrogen-bond donors (Lipinski definition) is 0. The standard InChI is InChI=1S/C9H15BrN2/c1-9(2,3)5-8-7(10)6-11-12(8)4/h6H,5H2,1-4H3. The topological polar surface area (TPSA) is 17.8 Å². The third-order valence-electron chi connectivity index (χ3n) is 1.71. The highest BCUT2D eigenvalue weighted by atomic mass is 79.9. The molecule has 68 valence electrons. The van der Waals surface area contributed by atoms with Gasteiger partial charge in [-0.05, 0) is 27.8 Å². The van der Waals surface area contributed by atoms with E-state index in [1.54, 1.807) is 0 Å². The van der Waals surface area contributed by atoms with Crippen LogP contribution in [0.2, 0.25) is 0 Å². The van der Waals surface area contributed by atoms with Crippen LogP contribution >= 0.6 is 15.9 Å². The smallest absolute Gasteiger partial charge is 0.0635 e. The van der Waals surface area contributed by atoms with Crippen LogP contribution in [0, 0.1) is 5.41 Å². The van der Waals surface area contributed by atoms with Gasteiger partial charge in [-0.3, -0.25) is 4.68 Å². The molecule has 0 amide bonds. The predicted octanol–water partition coefficient (Wildman–Crippen LogP) is 2.77. The Morgan fingerprint density at radius 1 is 1.50 bits per heavy atom. The molecular formula is C9H15BrN2. The van der Waals surface area contributed by atoms with Gasteiger partial charge >= 0.3 is 0 Å². The van der Waals surface area contributed by atoms with Crippen molar-refractivity contribution in [3.63, 3.8) is 0 Å². The van der Waals surface area contributed by atoms with Crippen LogP contribution in [-0.2, 0) is 13.5 Å². The lowest BCUT2D eigenvalue weighted by Crippen LogP contribution is -2.12. The molecule has 0 atom stereocenters. The number of rotatable bonds is 1. The maximum Gasteiger partial charge on any atom is 0.0635 e. The van der Waals surface area contributed by atoms with Crippen LogP contribution in [0.1, 0.15) is 26.5 Å². The Labute approximate surface area is 82.1 Å². The second-order valence-electron chi connectivity index (χ2n) is 4.30. The Morgan fingerprint density at radius 2 is 2.08 bits per heavy atom. The van der Waals surface area contributed by atoms with Crippen molar-refractivity contribution in [2.24, 2.45) is 12.5 Å². The number of aromatic nitrogens is 2. The molecule has 1 aromatic heterocycles. The molecule has 0 saturated heterocycles. The Kier molecular flexibility index (Phi) is 2.61. The highest BCUT2D eigenvalue weighted by Gasteiger charge is 2.16. The molecule has 0 saturated carbocycles. The molecule has 1 rings (SSSR count). The summed E-state index contributed by atoms with van der Waals surface area (Å²) < 4.78 is 3.04. The molecule has 0 aliphatic carbocycles. The molecular weight excluding hydrogens is 216 g/mol. The summed E-state index contributed by atoms with van der Waals surface area (Å²) in [7, 11) is 1.98. The first kappa shape index (κ1) is 9.78. The van der Waals surface area contributed by atoms with E-state index in [-0.39, 0.29) is 0 Å². The summed E-state index contributed by atoms with van der Waals surface area (Å²) in [6.45, 7) is 6.69. The van der Waals surface area contributed by atoms with Gasteiger partial charge < -0.3 is 0 Å². The zero-order valence-electron chi connectivity index (χ0n) is 8.06. The molecule has 3 heteroatoms. The summed E-state index contributed by atoms with van der Waals surface area (Å²) in [5.74, 6) is 0. The fourth-order valence-corrected chi connectivity index (χ4v) is 1.63. The highest BCUT2D eigenvalue weighted by Crippen LogP contribution is 2.25. The highest BCUT2D eigenvalue weighted by molar-refractivity contribution is 9.10. The zero-order valence-corrected chi connectivity index (χ0v) is 9.64. The van der Waals surface area contributed by atoms with Crippen molar-refractivity contribution in [2.45, 2.75) is 27.2 Å². The molecule has 0 spiro atoms. The summed E-state index contributed by atoms with van der Waals surface area (Å²) in [6, 6.07) is 0. The van der Waals surface area contributed by atoms with Crippen molar-refractivity contribution >= 4 is 15.9 Å². The molecule has 0 N–H and O–H groups in total. The van der Waals surface area contributed by atoms with Crippen LogP contribution in [0.15, 0.2) is 10.7 Å². The van der Waals surface area contributed by atoms with Gasteiger partial charge in [-0.15, -0.1) is 0 Å². The molecule has 0 aromatic carbocycles. The molecule has 0 aliphatic rings. The van der Waals surface area contributed by atoms with Gasteiger partial charge in [-0.2, -0.15) is 5.10 Å². The third-order valence-corrected chi connectivity index (χ3v) is 2.37. The summed E-state index contributed by atoms with van der Waals surface area (Å²) in [6.07, 6.45) is 2.89. The lowest BCUT2D eigenvalue weighted by molar-refractivity contribution is 0.397. The van der Waals surface area contributed by atoms with E-state index in [1.807, 2.05) is 17.9 Å². The van der Waals surface area contributed by atoms with E-state index in [9.17, 15) is 0 Å². The number of nitrogens with zero attached hydrogens (tertiary/aromatic N) is 2. The van der Waals surface area contributed by atoms with Crippen molar-refractivity contribution in [3.8, 4) is 0 Å². The van der Waals surface area contributed by atoms with Gasteiger partial charge in [0.05, 0.1) is 16.4 Å². The second kappa shape index (κ2) is 3.21. The van der Waals surface area contributed by atoms with Crippen molar-refractivity contribution in [2.75, 3.05) is 0 Å². The average molecular weight is 231 g/mol. The van der Waals surface area contributed by atoms with Crippen LogP contribution < -0.4 is 0 Å². The van der Waals surface area contributed by atoms with Crippen LogP contribution in [0.5, 0.6) is 0 Å². The maximum absolute atomic E-state index is 4.17. The quantitative estimate of drug-likeness (QED) is 0.726. The van der Waals surface area contributed by atoms with Crippen molar-refractivity contribution in [3.05, 3.63) is 16.4 Å². The Bertz CT molecular complexity index is 251. The largest absolute Gasteiger partial charge is 0.271 e. The minimum Gasteiger partial charge on any atom is -0.271 e. The fraction of sp³-hybridized carbons (Fsp3) is 0.667. The lowest BCUT2D eigenvalue weighted by atomic mass is 9.90. The van der Waals surface area contributed by atoms with E-state index in [4.69, 9.17) is 0 Å². The normalized spacial score (nSPS) is 12.1. The molecule has 0 bridgehead atoms. The number of hydrogen-bond acceptors (Lipinski definition) is 1. The van der Waals surface area contributed by atoms with Crippen molar-refractivity contribution in [1.82, 2.24) is 9.78 Å². The molecule has 1 aromatic rings. The summed E-state index contributed by atoms with van der Waals surface area (Å²) in [5, 5.41) is 4.17. The van der Waals surface area contributed by atoms with Gasteiger partial charge in [-0.25, -0.2) is 0 Å². The molecule has 1 heterocycles. The van der Waals surface area contributed by atoms with Gasteiger partial charge in [0.1, 0.15) is 0 Å². The number of aryl methyl sites for hydroxylation is 1. The molecule has 2 nitrogen and oxygen atoms in total. The molecule has 0 fully saturated rings. The van der Waals surface area contributed by atoms with Crippen LogP contribution in [-0.4, -0.2) is 9.78 Å². The summed E-state index contributed by atoms with van der Waals surface area (Å²) in [5.41, 5.74) is 1.58. The zero-order chi connectivity index (χ0) is 9.35. The minimum atomic E-state index is 0.316. The Hall–Kier alpha value is -0.310. The molecule has 12 heavy (non-hydrogen) atoms. The third kappa shape index (κ3) is 2.34. The van der Waals surface area contributed by atoms with E-state index < -0.39 is 0 Å². The van der Waals surface area contributed by atoms with Gasteiger partial charge in [-0.1, -0.05) is 20.8 Å². The predicted molar refractivity (Wildman–Crippen MR) is 54.1 cm³/mol. The average Bonchev–Trinajstić information content (AvgIpc) is 2.16. The van der Waals surface area contributed by atoms with E-state index >= 15 is 0 Å². The first-order chi connectivity index (χ1) is 5.40. The van der Waals surface area contributed by atoms with Crippen LogP contribution in [0.3, 0.4) is 0 Å². The van der Waals surface area contributed by atoms with E-state index in [0.29, 0.717) is 5.41 Å². The fourth-order valence-electron chi connectivity index (χ4n) is 1.14. The van der Waals surface area contributed by atoms with Gasteiger partial charge in [0.15, 0.2) is 0 Å². The van der Waals surface area contributed by atoms with Crippen LogP contribution in [0.25, 0.3) is 0 Å². The molecule has 0 unspecified atom stereocenters. The van der Waals surface area contributed by atoms with E-state index in [1.165, 1.54) is 5.69 Å². The Morgan fingerprint density at radius 3 is 2.42 bits per heavy atom. The molecule has 0 aliphatic heterocycles. The van der Waals surface area contributed by atoms with Crippen LogP contribution in [0.4, 0.5) is 0 Å². The number of halogens is 1. The summed E-state index contributed by atoms with van der Waals surface area (Å²) in [4.78, 5) is 0. The van der Waals surface area contributed by atoms with Crippen molar-refractivity contribution in [1.29, 1.82) is 0 Å². The van der Waals surface area contributed by atoms with E-state index in [0.717, 1.165) is 10.9 Å². The van der Waals surface area contributed by atoms with Crippen molar-refractivity contribution < 1.29 is 0 Å². The first-order valence-corrected chi connectivity index (χ1v) is 4.86. The molecule has 0 radical (unpaired) electrons. The second-order valence-corrected chi connectivity index (χ2v) is 5.15. The maximum atomic E-state index is 4.17. The Balaban J connectivity index is 2.88. The van der Waals surface area contributed by atoms with Gasteiger partial charge in [0, 0.05) is 7.05 Å². The monoisotopic (exact) mass is 230 g/mol. The summed E-state index contributed by atoms with van der Waals surface area (Å²) >= 11 is 3.49. The van der Waals surface area contributed by atoms with Gasteiger partial charge in [0.2, 0.25) is 0 Å². The lowest BCUT2D eigenvalue weighted by Gasteiger charge is -2.18. The SMILES string of the molecule is Cn1ncc(Br)c1CC(C)(C)C. The first-order valence-electron chi connectivity index (χ1n) is 4.06. The van der Waals surface area contributed by atoms with E-state index in [2.05, 4.69) is 41.8 Å². The van der Waals surface area contributed by atoms with Gasteiger partial charge in [0.25, 0.3) is 0 Å². The minimum absolute atomic E-state index is 0.316.